The first kappa shape index (κ1) is 12.6. The molecule has 6 heteroatoms. The highest BCUT2D eigenvalue weighted by molar-refractivity contribution is 5.31. The third kappa shape index (κ3) is 2.75. The molecule has 0 saturated carbocycles. The summed E-state index contributed by atoms with van der Waals surface area (Å²) in [6.07, 6.45) is 5.21. The first-order chi connectivity index (χ1) is 9.83. The van der Waals surface area contributed by atoms with E-state index >= 15 is 0 Å². The molecule has 1 unspecified atom stereocenters. The van der Waals surface area contributed by atoms with Crippen molar-refractivity contribution in [1.82, 2.24) is 25.2 Å². The first-order valence-corrected chi connectivity index (χ1v) is 6.41. The van der Waals surface area contributed by atoms with Gasteiger partial charge in [-0.05, 0) is 19.1 Å². The summed E-state index contributed by atoms with van der Waals surface area (Å²) >= 11 is 0. The molecule has 2 aromatic heterocycles. The summed E-state index contributed by atoms with van der Waals surface area (Å²) in [5.41, 5.74) is 2.15. The number of aromatic nitrogens is 4. The smallest absolute Gasteiger partial charge is 0.213 e. The van der Waals surface area contributed by atoms with Gasteiger partial charge in [-0.1, -0.05) is 23.4 Å². The maximum Gasteiger partial charge on any atom is 0.213 e. The molecular weight excluding hydrogens is 254 g/mol. The van der Waals surface area contributed by atoms with Crippen molar-refractivity contribution in [3.05, 3.63) is 60.5 Å². The largest absolute Gasteiger partial charge is 0.343 e. The molecule has 3 aromatic rings. The Balaban J connectivity index is 1.67. The zero-order valence-corrected chi connectivity index (χ0v) is 11.1. The number of nitrogens with zero attached hydrogens (tertiary/aromatic N) is 4. The van der Waals surface area contributed by atoms with Gasteiger partial charge in [0.15, 0.2) is 5.82 Å². The van der Waals surface area contributed by atoms with Gasteiger partial charge >= 0.3 is 0 Å². The van der Waals surface area contributed by atoms with Crippen molar-refractivity contribution in [2.75, 3.05) is 0 Å². The van der Waals surface area contributed by atoms with Crippen molar-refractivity contribution in [2.45, 2.75) is 19.5 Å². The number of rotatable bonds is 5. The van der Waals surface area contributed by atoms with Crippen LogP contribution < -0.4 is 5.32 Å². The van der Waals surface area contributed by atoms with Crippen LogP contribution in [0.5, 0.6) is 0 Å². The van der Waals surface area contributed by atoms with Crippen molar-refractivity contribution >= 4 is 0 Å². The van der Waals surface area contributed by atoms with Crippen molar-refractivity contribution in [3.63, 3.8) is 0 Å². The molecule has 0 radical (unpaired) electrons. The summed E-state index contributed by atoms with van der Waals surface area (Å²) < 4.78 is 6.56. The van der Waals surface area contributed by atoms with Crippen molar-refractivity contribution in [1.29, 1.82) is 0 Å². The Labute approximate surface area is 116 Å². The van der Waals surface area contributed by atoms with E-state index in [-0.39, 0.29) is 6.04 Å². The van der Waals surface area contributed by atoms with E-state index in [1.54, 1.807) is 0 Å². The number of benzene rings is 1. The van der Waals surface area contributed by atoms with Crippen LogP contribution in [0.15, 0.2) is 53.6 Å². The number of hydrogen-bond donors (Lipinski definition) is 1. The number of nitrogens with one attached hydrogen (secondary N) is 1. The second-order valence-corrected chi connectivity index (χ2v) is 4.50. The fourth-order valence-electron chi connectivity index (χ4n) is 1.91. The van der Waals surface area contributed by atoms with E-state index in [2.05, 4.69) is 27.5 Å². The van der Waals surface area contributed by atoms with Gasteiger partial charge in [0.05, 0.1) is 18.4 Å². The number of para-hydroxylation sites is 1. The molecule has 1 N–H and O–H groups in total. The Morgan fingerprint density at radius 3 is 2.90 bits per heavy atom. The lowest BCUT2D eigenvalue weighted by Crippen LogP contribution is -2.18. The van der Waals surface area contributed by atoms with Gasteiger partial charge in [0, 0.05) is 17.8 Å². The zero-order valence-electron chi connectivity index (χ0n) is 11.1. The maximum absolute atomic E-state index is 4.70. The van der Waals surface area contributed by atoms with E-state index in [0.717, 1.165) is 11.3 Å². The van der Waals surface area contributed by atoms with E-state index in [1.807, 2.05) is 47.4 Å². The molecule has 0 fully saturated rings. The molecule has 0 bridgehead atoms. The second kappa shape index (κ2) is 5.66. The monoisotopic (exact) mass is 269 g/mol. The number of hydrogen-bond acceptors (Lipinski definition) is 5. The molecule has 1 aromatic carbocycles. The quantitative estimate of drug-likeness (QED) is 0.768. The van der Waals surface area contributed by atoms with Crippen LogP contribution in [0, 0.1) is 0 Å². The highest BCUT2D eigenvalue weighted by atomic mass is 16.5. The summed E-state index contributed by atoms with van der Waals surface area (Å²) in [5, 5.41) is 11.5. The minimum absolute atomic E-state index is 0.158. The average molecular weight is 269 g/mol. The summed E-state index contributed by atoms with van der Waals surface area (Å²) in [5.74, 6) is 0.646. The summed E-state index contributed by atoms with van der Waals surface area (Å²) in [4.78, 5) is 3.97. The van der Waals surface area contributed by atoms with Gasteiger partial charge in [0.25, 0.3) is 0 Å². The molecule has 0 aliphatic heterocycles. The molecule has 102 valence electrons. The van der Waals surface area contributed by atoms with Crippen LogP contribution in [0.25, 0.3) is 5.69 Å². The van der Waals surface area contributed by atoms with E-state index < -0.39 is 0 Å². The maximum atomic E-state index is 4.70. The lowest BCUT2D eigenvalue weighted by Gasteiger charge is -2.09. The molecule has 0 amide bonds. The predicted molar refractivity (Wildman–Crippen MR) is 73.1 cm³/mol. The highest BCUT2D eigenvalue weighted by Crippen LogP contribution is 2.14. The normalized spacial score (nSPS) is 12.4. The summed E-state index contributed by atoms with van der Waals surface area (Å²) in [6, 6.07) is 10.2. The van der Waals surface area contributed by atoms with Gasteiger partial charge in [-0.15, -0.1) is 0 Å². The lowest BCUT2D eigenvalue weighted by atomic mass is 10.2. The Kier molecular flexibility index (Phi) is 3.56. The molecule has 1 atom stereocenters. The van der Waals surface area contributed by atoms with Crippen LogP contribution in [0.4, 0.5) is 0 Å². The zero-order chi connectivity index (χ0) is 13.8. The van der Waals surface area contributed by atoms with Crippen LogP contribution in [-0.2, 0) is 6.54 Å². The Morgan fingerprint density at radius 1 is 1.30 bits per heavy atom. The highest BCUT2D eigenvalue weighted by Gasteiger charge is 2.09. The van der Waals surface area contributed by atoms with Gasteiger partial charge in [-0.3, -0.25) is 0 Å². The van der Waals surface area contributed by atoms with Crippen LogP contribution in [0.2, 0.25) is 0 Å². The van der Waals surface area contributed by atoms with E-state index in [9.17, 15) is 0 Å². The van der Waals surface area contributed by atoms with E-state index in [1.165, 1.54) is 6.39 Å². The molecule has 0 spiro atoms. The van der Waals surface area contributed by atoms with E-state index in [0.29, 0.717) is 12.4 Å². The van der Waals surface area contributed by atoms with Crippen molar-refractivity contribution in [2.24, 2.45) is 0 Å². The van der Waals surface area contributed by atoms with Gasteiger partial charge in [0.1, 0.15) is 0 Å². The van der Waals surface area contributed by atoms with Crippen LogP contribution >= 0.6 is 0 Å². The Hall–Kier alpha value is -2.47. The molecule has 0 aliphatic carbocycles. The Bertz CT molecular complexity index is 647. The standard InChI is InChI=1S/C14H15N5O/c1-11(15-8-14-16-10-20-18-14)12-7-17-19(9-12)13-5-3-2-4-6-13/h2-7,9-11,15H,8H2,1H3. The van der Waals surface area contributed by atoms with Crippen LogP contribution in [0.1, 0.15) is 24.4 Å². The Morgan fingerprint density at radius 2 is 2.15 bits per heavy atom. The fraction of sp³-hybridized carbons (Fsp3) is 0.214. The fourth-order valence-corrected chi connectivity index (χ4v) is 1.91. The van der Waals surface area contributed by atoms with Gasteiger partial charge in [-0.25, -0.2) is 4.68 Å². The molecule has 3 rings (SSSR count). The molecule has 0 aliphatic rings. The first-order valence-electron chi connectivity index (χ1n) is 6.41. The van der Waals surface area contributed by atoms with Crippen molar-refractivity contribution in [3.8, 4) is 5.69 Å². The topological polar surface area (TPSA) is 68.8 Å². The minimum atomic E-state index is 0.158. The molecular formula is C14H15N5O. The van der Waals surface area contributed by atoms with E-state index in [4.69, 9.17) is 4.52 Å². The third-order valence-electron chi connectivity index (χ3n) is 3.10. The van der Waals surface area contributed by atoms with Gasteiger partial charge < -0.3 is 9.84 Å². The molecule has 6 nitrogen and oxygen atoms in total. The molecule has 20 heavy (non-hydrogen) atoms. The second-order valence-electron chi connectivity index (χ2n) is 4.50. The van der Waals surface area contributed by atoms with Gasteiger partial charge in [0.2, 0.25) is 6.39 Å². The summed E-state index contributed by atoms with van der Waals surface area (Å²) in [7, 11) is 0. The predicted octanol–water partition coefficient (Wildman–Crippen LogP) is 2.11. The molecule has 0 saturated heterocycles. The third-order valence-corrected chi connectivity index (χ3v) is 3.10. The van der Waals surface area contributed by atoms with Gasteiger partial charge in [-0.2, -0.15) is 10.1 Å². The minimum Gasteiger partial charge on any atom is -0.343 e. The van der Waals surface area contributed by atoms with Crippen LogP contribution in [0.3, 0.4) is 0 Å². The SMILES string of the molecule is CC(NCc1ncon1)c1cnn(-c2ccccc2)c1. The molecule has 2 heterocycles. The summed E-state index contributed by atoms with van der Waals surface area (Å²) in [6.45, 7) is 2.64. The van der Waals surface area contributed by atoms with Crippen LogP contribution in [-0.4, -0.2) is 19.9 Å². The lowest BCUT2D eigenvalue weighted by molar-refractivity contribution is 0.405. The van der Waals surface area contributed by atoms with Crippen molar-refractivity contribution < 1.29 is 4.52 Å². The average Bonchev–Trinajstić information content (AvgIpc) is 3.17.